The van der Waals surface area contributed by atoms with Crippen molar-refractivity contribution < 1.29 is 4.39 Å². The molecule has 0 aliphatic carbocycles. The predicted octanol–water partition coefficient (Wildman–Crippen LogP) is 2.76. The van der Waals surface area contributed by atoms with Gasteiger partial charge in [-0.3, -0.25) is 9.80 Å². The molecule has 0 aromatic heterocycles. The first-order valence-electron chi connectivity index (χ1n) is 7.82. The summed E-state index contributed by atoms with van der Waals surface area (Å²) in [6.45, 7) is 5.06. The van der Waals surface area contributed by atoms with Crippen LogP contribution in [0.1, 0.15) is 30.9 Å². The van der Waals surface area contributed by atoms with Gasteiger partial charge in [-0.1, -0.05) is 6.07 Å². The van der Waals surface area contributed by atoms with Crippen molar-refractivity contribution in [3.63, 3.8) is 0 Å². The smallest absolute Gasteiger partial charge is 0.137 e. The quantitative estimate of drug-likeness (QED) is 0.904. The Balaban J connectivity index is 1.79. The molecule has 3 nitrogen and oxygen atoms in total. The largest absolute Gasteiger partial charge is 0.329 e. The topological polar surface area (TPSA) is 32.5 Å². The average Bonchev–Trinajstić information content (AvgIpc) is 2.82. The summed E-state index contributed by atoms with van der Waals surface area (Å²) < 4.78 is 14.3. The maximum absolute atomic E-state index is 13.8. The van der Waals surface area contributed by atoms with E-state index in [4.69, 9.17) is 5.73 Å². The zero-order chi connectivity index (χ0) is 14.8. The van der Waals surface area contributed by atoms with Crippen LogP contribution >= 0.6 is 15.9 Å². The van der Waals surface area contributed by atoms with E-state index in [1.54, 1.807) is 12.1 Å². The van der Waals surface area contributed by atoms with Crippen molar-refractivity contribution in [1.82, 2.24) is 9.80 Å². The zero-order valence-electron chi connectivity index (χ0n) is 12.3. The third kappa shape index (κ3) is 3.31. The van der Waals surface area contributed by atoms with Crippen LogP contribution in [0.5, 0.6) is 0 Å². The van der Waals surface area contributed by atoms with Crippen molar-refractivity contribution in [2.75, 3.05) is 32.7 Å². The van der Waals surface area contributed by atoms with E-state index in [2.05, 4.69) is 25.7 Å². The Morgan fingerprint density at radius 3 is 2.86 bits per heavy atom. The number of rotatable bonds is 3. The average molecular weight is 356 g/mol. The number of hydrogen-bond acceptors (Lipinski definition) is 3. The maximum Gasteiger partial charge on any atom is 0.137 e. The molecule has 5 heteroatoms. The second kappa shape index (κ2) is 6.73. The van der Waals surface area contributed by atoms with Gasteiger partial charge in [-0.05, 0) is 66.0 Å². The molecule has 1 aromatic rings. The second-order valence-corrected chi connectivity index (χ2v) is 6.96. The van der Waals surface area contributed by atoms with E-state index in [1.165, 1.54) is 32.4 Å². The van der Waals surface area contributed by atoms with E-state index in [1.807, 2.05) is 6.07 Å². The van der Waals surface area contributed by atoms with Gasteiger partial charge in [-0.2, -0.15) is 0 Å². The predicted molar refractivity (Wildman–Crippen MR) is 86.7 cm³/mol. The number of benzene rings is 1. The number of hydrogen-bond donors (Lipinski definition) is 1. The molecule has 2 N–H and O–H groups in total. The van der Waals surface area contributed by atoms with E-state index < -0.39 is 0 Å². The van der Waals surface area contributed by atoms with Crippen LogP contribution in [0.4, 0.5) is 4.39 Å². The van der Waals surface area contributed by atoms with Crippen LogP contribution < -0.4 is 5.73 Å². The van der Waals surface area contributed by atoms with Crippen molar-refractivity contribution in [3.8, 4) is 0 Å². The first-order valence-corrected chi connectivity index (χ1v) is 8.61. The van der Waals surface area contributed by atoms with Crippen molar-refractivity contribution in [3.05, 3.63) is 34.1 Å². The Morgan fingerprint density at radius 2 is 2.10 bits per heavy atom. The lowest BCUT2D eigenvalue weighted by Crippen LogP contribution is -2.40. The van der Waals surface area contributed by atoms with E-state index in [0.29, 0.717) is 17.1 Å². The molecule has 0 bridgehead atoms. The van der Waals surface area contributed by atoms with Crippen LogP contribution in [-0.4, -0.2) is 48.6 Å². The molecule has 2 atom stereocenters. The van der Waals surface area contributed by atoms with Gasteiger partial charge in [0.1, 0.15) is 5.82 Å². The highest BCUT2D eigenvalue weighted by Crippen LogP contribution is 2.28. The summed E-state index contributed by atoms with van der Waals surface area (Å²) in [7, 11) is 0. The first-order chi connectivity index (χ1) is 10.2. The fourth-order valence-corrected chi connectivity index (χ4v) is 3.98. The first kappa shape index (κ1) is 15.4. The van der Waals surface area contributed by atoms with Crippen molar-refractivity contribution >= 4 is 15.9 Å². The van der Waals surface area contributed by atoms with E-state index in [0.717, 1.165) is 18.7 Å². The fourth-order valence-electron chi connectivity index (χ4n) is 3.73. The van der Waals surface area contributed by atoms with Gasteiger partial charge in [0.25, 0.3) is 0 Å². The van der Waals surface area contributed by atoms with Crippen LogP contribution in [-0.2, 0) is 0 Å². The highest BCUT2D eigenvalue weighted by atomic mass is 79.9. The van der Waals surface area contributed by atoms with Gasteiger partial charge in [0.05, 0.1) is 4.47 Å². The van der Waals surface area contributed by atoms with Gasteiger partial charge >= 0.3 is 0 Å². The summed E-state index contributed by atoms with van der Waals surface area (Å²) in [4.78, 5) is 5.06. The highest BCUT2D eigenvalue weighted by Gasteiger charge is 2.31. The zero-order valence-corrected chi connectivity index (χ0v) is 13.9. The summed E-state index contributed by atoms with van der Waals surface area (Å²) in [6.07, 6.45) is 3.76. The van der Waals surface area contributed by atoms with Crippen LogP contribution in [0, 0.1) is 5.82 Å². The highest BCUT2D eigenvalue weighted by molar-refractivity contribution is 9.10. The summed E-state index contributed by atoms with van der Waals surface area (Å²) in [5.41, 5.74) is 7.01. The Kier molecular flexibility index (Phi) is 4.94. The normalized spacial score (nSPS) is 25.6. The fraction of sp³-hybridized carbons (Fsp3) is 0.625. The lowest BCUT2D eigenvalue weighted by atomic mass is 10.0. The van der Waals surface area contributed by atoms with Gasteiger partial charge in [0.15, 0.2) is 0 Å². The molecule has 0 radical (unpaired) electrons. The summed E-state index contributed by atoms with van der Waals surface area (Å²) in [5.74, 6) is -0.205. The minimum atomic E-state index is -0.205. The Morgan fingerprint density at radius 1 is 1.29 bits per heavy atom. The van der Waals surface area contributed by atoms with Gasteiger partial charge in [-0.25, -0.2) is 4.39 Å². The minimum Gasteiger partial charge on any atom is -0.329 e. The summed E-state index contributed by atoms with van der Waals surface area (Å²) in [6, 6.07) is 6.17. The number of fused-ring (bicyclic) bond motifs is 1. The third-order valence-electron chi connectivity index (χ3n) is 4.83. The molecule has 0 amide bonds. The van der Waals surface area contributed by atoms with Gasteiger partial charge in [0, 0.05) is 31.7 Å². The van der Waals surface area contributed by atoms with Crippen LogP contribution in [0.3, 0.4) is 0 Å². The molecule has 1 aromatic carbocycles. The van der Waals surface area contributed by atoms with Gasteiger partial charge < -0.3 is 5.73 Å². The van der Waals surface area contributed by atoms with Crippen molar-refractivity contribution in [2.45, 2.75) is 31.3 Å². The van der Waals surface area contributed by atoms with Crippen LogP contribution in [0.2, 0.25) is 0 Å². The molecule has 2 aliphatic rings. The number of nitrogens with zero attached hydrogens (tertiary/aromatic N) is 2. The molecule has 116 valence electrons. The van der Waals surface area contributed by atoms with Crippen LogP contribution in [0.15, 0.2) is 22.7 Å². The third-order valence-corrected chi connectivity index (χ3v) is 5.47. The number of nitrogens with two attached hydrogens (primary N) is 1. The molecule has 2 heterocycles. The Labute approximate surface area is 134 Å². The molecule has 2 saturated heterocycles. The van der Waals surface area contributed by atoms with Gasteiger partial charge in [0.2, 0.25) is 0 Å². The molecule has 0 saturated carbocycles. The lowest BCUT2D eigenvalue weighted by Gasteiger charge is -2.32. The van der Waals surface area contributed by atoms with E-state index in [-0.39, 0.29) is 11.9 Å². The SMILES string of the molecule is NCC(c1ccc(Br)c(F)c1)N1CCCN2CCCC2C1. The Hall–Kier alpha value is -0.490. The molecular weight excluding hydrogens is 333 g/mol. The van der Waals surface area contributed by atoms with E-state index in [9.17, 15) is 4.39 Å². The molecule has 2 fully saturated rings. The van der Waals surface area contributed by atoms with E-state index >= 15 is 0 Å². The van der Waals surface area contributed by atoms with Crippen molar-refractivity contribution in [1.29, 1.82) is 0 Å². The van der Waals surface area contributed by atoms with Crippen LogP contribution in [0.25, 0.3) is 0 Å². The Bertz CT molecular complexity index is 496. The monoisotopic (exact) mass is 355 g/mol. The summed E-state index contributed by atoms with van der Waals surface area (Å²) in [5, 5.41) is 0. The van der Waals surface area contributed by atoms with Gasteiger partial charge in [-0.15, -0.1) is 0 Å². The number of halogens is 2. The van der Waals surface area contributed by atoms with Crippen molar-refractivity contribution in [2.24, 2.45) is 5.73 Å². The minimum absolute atomic E-state index is 0.119. The molecule has 21 heavy (non-hydrogen) atoms. The second-order valence-electron chi connectivity index (χ2n) is 6.11. The summed E-state index contributed by atoms with van der Waals surface area (Å²) >= 11 is 3.22. The molecule has 2 unspecified atom stereocenters. The molecule has 0 spiro atoms. The lowest BCUT2D eigenvalue weighted by molar-refractivity contribution is 0.176. The maximum atomic E-state index is 13.8. The standard InChI is InChI=1S/C16H23BrFN3/c17-14-5-4-12(9-15(14)18)16(10-19)21-8-2-7-20-6-1-3-13(20)11-21/h4-5,9,13,16H,1-3,6-8,10-11,19H2. The molecule has 3 rings (SSSR count). The molecular formula is C16H23BrFN3. The molecule has 2 aliphatic heterocycles.